The van der Waals surface area contributed by atoms with Gasteiger partial charge in [-0.3, -0.25) is 9.59 Å². The SMILES string of the molecule is Cc1ccc(N2C(=O)[C@@H]3[C@@H]4CC[C@@H]([C@@H]5C[C@@H]54)[C@@H]3C2=O)cc1Cl. The monoisotopic (exact) mass is 315 g/mol. The standard InChI is InChI=1S/C18H18ClNO2/c1-8-2-3-9(6-14(8)19)20-17(21)15-10-4-5-11(13-7-12(10)13)16(15)18(20)22/h2-3,6,10-13,15-16H,4-5,7H2,1H3/t10-,11+,12-,13+,15-,16+. The minimum Gasteiger partial charge on any atom is -0.274 e. The molecule has 5 aliphatic rings. The molecule has 0 spiro atoms. The second-order valence-electron chi connectivity index (χ2n) is 7.47. The Balaban J connectivity index is 1.57. The number of carbonyl (C=O) groups is 2. The Morgan fingerprint density at radius 2 is 1.59 bits per heavy atom. The van der Waals surface area contributed by atoms with Gasteiger partial charge < -0.3 is 0 Å². The van der Waals surface area contributed by atoms with E-state index >= 15 is 0 Å². The third-order valence-corrected chi connectivity index (χ3v) is 6.97. The van der Waals surface area contributed by atoms with Crippen molar-refractivity contribution in [1.29, 1.82) is 0 Å². The Labute approximate surface area is 134 Å². The summed E-state index contributed by atoms with van der Waals surface area (Å²) in [6.45, 7) is 1.92. The molecule has 1 aliphatic heterocycles. The van der Waals surface area contributed by atoms with Crippen LogP contribution in [0.4, 0.5) is 5.69 Å². The molecule has 6 atom stereocenters. The second kappa shape index (κ2) is 4.14. The zero-order chi connectivity index (χ0) is 15.2. The maximum atomic E-state index is 13.0. The summed E-state index contributed by atoms with van der Waals surface area (Å²) >= 11 is 6.19. The lowest BCUT2D eigenvalue weighted by Gasteiger charge is -2.42. The molecule has 5 fully saturated rings. The van der Waals surface area contributed by atoms with E-state index in [4.69, 9.17) is 11.6 Å². The van der Waals surface area contributed by atoms with Crippen LogP contribution in [0.2, 0.25) is 5.02 Å². The van der Waals surface area contributed by atoms with Crippen molar-refractivity contribution in [2.45, 2.75) is 26.2 Å². The molecule has 0 aromatic heterocycles. The van der Waals surface area contributed by atoms with Crippen LogP contribution in [0.25, 0.3) is 0 Å². The number of imide groups is 1. The molecule has 0 unspecified atom stereocenters. The highest BCUT2D eigenvalue weighted by atomic mass is 35.5. The van der Waals surface area contributed by atoms with E-state index in [-0.39, 0.29) is 23.7 Å². The average Bonchev–Trinajstić information content (AvgIpc) is 3.28. The second-order valence-corrected chi connectivity index (χ2v) is 7.87. The zero-order valence-electron chi connectivity index (χ0n) is 12.5. The fourth-order valence-electron chi connectivity index (χ4n) is 5.51. The van der Waals surface area contributed by atoms with Gasteiger partial charge in [-0.1, -0.05) is 17.7 Å². The van der Waals surface area contributed by atoms with Gasteiger partial charge in [0.1, 0.15) is 0 Å². The van der Waals surface area contributed by atoms with E-state index < -0.39 is 0 Å². The summed E-state index contributed by atoms with van der Waals surface area (Å²) in [7, 11) is 0. The third kappa shape index (κ3) is 1.48. The van der Waals surface area contributed by atoms with Crippen molar-refractivity contribution in [2.75, 3.05) is 4.90 Å². The highest BCUT2D eigenvalue weighted by Gasteiger charge is 2.68. The molecule has 0 N–H and O–H groups in total. The maximum Gasteiger partial charge on any atom is 0.237 e. The zero-order valence-corrected chi connectivity index (χ0v) is 13.2. The molecule has 114 valence electrons. The number of rotatable bonds is 1. The minimum atomic E-state index is -0.0601. The quantitative estimate of drug-likeness (QED) is 0.745. The van der Waals surface area contributed by atoms with Crippen molar-refractivity contribution in [2.24, 2.45) is 35.5 Å². The Morgan fingerprint density at radius 1 is 1.00 bits per heavy atom. The normalized spacial score (nSPS) is 41.6. The summed E-state index contributed by atoms with van der Waals surface area (Å²) < 4.78 is 0. The van der Waals surface area contributed by atoms with E-state index in [0.717, 1.165) is 30.2 Å². The van der Waals surface area contributed by atoms with Crippen LogP contribution < -0.4 is 4.90 Å². The van der Waals surface area contributed by atoms with Gasteiger partial charge in [0.15, 0.2) is 0 Å². The summed E-state index contributed by atoms with van der Waals surface area (Å²) in [4.78, 5) is 27.4. The van der Waals surface area contributed by atoms with Crippen LogP contribution in [0.5, 0.6) is 0 Å². The number of anilines is 1. The van der Waals surface area contributed by atoms with E-state index in [2.05, 4.69) is 0 Å². The van der Waals surface area contributed by atoms with E-state index in [1.165, 1.54) is 11.3 Å². The predicted octanol–water partition coefficient (Wildman–Crippen LogP) is 3.43. The molecular weight excluding hydrogens is 298 g/mol. The molecule has 1 aromatic carbocycles. The van der Waals surface area contributed by atoms with Crippen LogP contribution in [-0.4, -0.2) is 11.8 Å². The van der Waals surface area contributed by atoms with Crippen molar-refractivity contribution >= 4 is 29.1 Å². The molecule has 1 aromatic rings. The largest absolute Gasteiger partial charge is 0.274 e. The van der Waals surface area contributed by atoms with Crippen molar-refractivity contribution < 1.29 is 9.59 Å². The number of amides is 2. The van der Waals surface area contributed by atoms with Crippen LogP contribution in [0.3, 0.4) is 0 Å². The Hall–Kier alpha value is -1.35. The number of hydrogen-bond donors (Lipinski definition) is 0. The van der Waals surface area contributed by atoms with Gasteiger partial charge in [0, 0.05) is 5.02 Å². The fourth-order valence-corrected chi connectivity index (χ4v) is 5.69. The first-order valence-electron chi connectivity index (χ1n) is 8.22. The summed E-state index contributed by atoms with van der Waals surface area (Å²) in [6, 6.07) is 5.48. The summed E-state index contributed by atoms with van der Waals surface area (Å²) in [5.74, 6) is 2.26. The molecule has 2 bridgehead atoms. The van der Waals surface area contributed by atoms with Crippen LogP contribution in [0.1, 0.15) is 24.8 Å². The van der Waals surface area contributed by atoms with Gasteiger partial charge in [0.25, 0.3) is 0 Å². The Kier molecular flexibility index (Phi) is 2.47. The van der Waals surface area contributed by atoms with E-state index in [0.29, 0.717) is 22.5 Å². The summed E-state index contributed by atoms with van der Waals surface area (Å²) in [5, 5.41) is 0.610. The van der Waals surface area contributed by atoms with Gasteiger partial charge in [0.2, 0.25) is 11.8 Å². The highest BCUT2D eigenvalue weighted by Crippen LogP contribution is 2.68. The van der Waals surface area contributed by atoms with Crippen LogP contribution >= 0.6 is 11.6 Å². The molecule has 22 heavy (non-hydrogen) atoms. The number of hydrogen-bond acceptors (Lipinski definition) is 2. The van der Waals surface area contributed by atoms with Crippen molar-refractivity contribution in [1.82, 2.24) is 0 Å². The molecule has 2 amide bonds. The number of aryl methyl sites for hydroxylation is 1. The van der Waals surface area contributed by atoms with Gasteiger partial charge in [0.05, 0.1) is 17.5 Å². The highest BCUT2D eigenvalue weighted by molar-refractivity contribution is 6.32. The van der Waals surface area contributed by atoms with Gasteiger partial charge in [-0.2, -0.15) is 0 Å². The Morgan fingerprint density at radius 3 is 2.14 bits per heavy atom. The molecule has 0 radical (unpaired) electrons. The molecular formula is C18H18ClNO2. The maximum absolute atomic E-state index is 13.0. The van der Waals surface area contributed by atoms with E-state index in [1.807, 2.05) is 19.1 Å². The number of carbonyl (C=O) groups excluding carboxylic acids is 2. The first-order valence-corrected chi connectivity index (χ1v) is 8.59. The molecule has 4 saturated carbocycles. The van der Waals surface area contributed by atoms with Crippen LogP contribution in [0.15, 0.2) is 18.2 Å². The van der Waals surface area contributed by atoms with E-state index in [9.17, 15) is 9.59 Å². The first kappa shape index (κ1) is 13.1. The molecule has 1 heterocycles. The predicted molar refractivity (Wildman–Crippen MR) is 83.5 cm³/mol. The van der Waals surface area contributed by atoms with Crippen molar-refractivity contribution in [3.05, 3.63) is 28.8 Å². The molecule has 1 saturated heterocycles. The molecule has 4 aliphatic carbocycles. The average molecular weight is 316 g/mol. The summed E-state index contributed by atoms with van der Waals surface area (Å²) in [5.41, 5.74) is 1.61. The van der Waals surface area contributed by atoms with Gasteiger partial charge in [-0.15, -0.1) is 0 Å². The number of halogens is 1. The summed E-state index contributed by atoms with van der Waals surface area (Å²) in [6.07, 6.45) is 3.52. The van der Waals surface area contributed by atoms with Crippen molar-refractivity contribution in [3.8, 4) is 0 Å². The number of fused-ring (bicyclic) bond motifs is 1. The fraction of sp³-hybridized carbons (Fsp3) is 0.556. The molecule has 6 rings (SSSR count). The van der Waals surface area contributed by atoms with Gasteiger partial charge >= 0.3 is 0 Å². The lowest BCUT2D eigenvalue weighted by Crippen LogP contribution is -2.43. The van der Waals surface area contributed by atoms with Gasteiger partial charge in [-0.25, -0.2) is 4.90 Å². The first-order chi connectivity index (χ1) is 10.6. The van der Waals surface area contributed by atoms with Crippen LogP contribution in [0, 0.1) is 42.4 Å². The lowest BCUT2D eigenvalue weighted by molar-refractivity contribution is -0.129. The minimum absolute atomic E-state index is 0.0231. The molecule has 3 nitrogen and oxygen atoms in total. The van der Waals surface area contributed by atoms with Crippen LogP contribution in [-0.2, 0) is 9.59 Å². The topological polar surface area (TPSA) is 37.4 Å². The molecule has 4 heteroatoms. The lowest BCUT2D eigenvalue weighted by atomic mass is 9.59. The van der Waals surface area contributed by atoms with Gasteiger partial charge in [-0.05, 0) is 67.6 Å². The number of benzene rings is 1. The smallest absolute Gasteiger partial charge is 0.237 e. The third-order valence-electron chi connectivity index (χ3n) is 6.56. The van der Waals surface area contributed by atoms with E-state index in [1.54, 1.807) is 6.07 Å². The van der Waals surface area contributed by atoms with Crippen molar-refractivity contribution in [3.63, 3.8) is 0 Å². The Bertz CT molecular complexity index is 681. The number of nitrogens with zero attached hydrogens (tertiary/aromatic N) is 1.